The normalized spacial score (nSPS) is 12.7. The molecule has 0 amide bonds. The molecule has 0 heterocycles. The number of ether oxygens (including phenoxy) is 2. The molecule has 5 nitrogen and oxygen atoms in total. The fourth-order valence-corrected chi connectivity index (χ4v) is 11.9. The number of aliphatic hydroxyl groups is 1. The van der Waals surface area contributed by atoms with E-state index in [2.05, 4.69) is 111 Å². The zero-order valence-corrected chi connectivity index (χ0v) is 60.1. The van der Waals surface area contributed by atoms with Gasteiger partial charge in [0.1, 0.15) is 6.61 Å². The third-order valence-corrected chi connectivity index (χ3v) is 17.9. The smallest absolute Gasteiger partial charge is 0.306 e. The van der Waals surface area contributed by atoms with Crippen LogP contribution in [-0.2, 0) is 19.1 Å². The minimum absolute atomic E-state index is 0.0633. The van der Waals surface area contributed by atoms with E-state index in [0.29, 0.717) is 12.8 Å². The average molecular weight is 1250 g/mol. The molecule has 0 bridgehead atoms. The molecular weight excluding hydrogens is 1100 g/mol. The van der Waals surface area contributed by atoms with Gasteiger partial charge in [-0.05, 0) is 96.3 Å². The number of hydrogen-bond acceptors (Lipinski definition) is 5. The molecule has 0 rings (SSSR count). The van der Waals surface area contributed by atoms with Gasteiger partial charge in [0, 0.05) is 12.8 Å². The Hall–Kier alpha value is -3.18. The lowest BCUT2D eigenvalue weighted by molar-refractivity contribution is -0.161. The number of carbonyl (C=O) groups excluding carboxylic acids is 2. The van der Waals surface area contributed by atoms with Crippen LogP contribution in [-0.4, -0.2) is 36.4 Å². The van der Waals surface area contributed by atoms with E-state index < -0.39 is 6.10 Å². The average Bonchev–Trinajstić information content (AvgIpc) is 3.58. The molecule has 0 saturated heterocycles. The first-order valence-electron chi connectivity index (χ1n) is 39.8. The summed E-state index contributed by atoms with van der Waals surface area (Å²) in [5.41, 5.74) is 0. The van der Waals surface area contributed by atoms with Crippen molar-refractivity contribution in [2.24, 2.45) is 0 Å². The zero-order chi connectivity index (χ0) is 64.7. The van der Waals surface area contributed by atoms with Gasteiger partial charge in [0.25, 0.3) is 0 Å². The lowest BCUT2D eigenvalue weighted by Gasteiger charge is -2.15. The summed E-state index contributed by atoms with van der Waals surface area (Å²) in [5, 5.41) is 9.73. The maximum atomic E-state index is 12.4. The van der Waals surface area contributed by atoms with Crippen LogP contribution < -0.4 is 0 Å². The predicted molar refractivity (Wildman–Crippen MR) is 399 cm³/mol. The van der Waals surface area contributed by atoms with E-state index >= 15 is 0 Å². The molecule has 0 aromatic heterocycles. The highest BCUT2D eigenvalue weighted by Gasteiger charge is 2.16. The van der Waals surface area contributed by atoms with Gasteiger partial charge in [-0.3, -0.25) is 9.59 Å². The minimum Gasteiger partial charge on any atom is -0.462 e. The van der Waals surface area contributed by atoms with Crippen LogP contribution in [0.2, 0.25) is 0 Å². The van der Waals surface area contributed by atoms with Gasteiger partial charge in [-0.1, -0.05) is 400 Å². The van der Waals surface area contributed by atoms with E-state index in [-0.39, 0.29) is 25.2 Å². The van der Waals surface area contributed by atoms with Crippen LogP contribution in [0.15, 0.2) is 97.2 Å². The number of rotatable bonds is 74. The molecular formula is C85H152O5. The van der Waals surface area contributed by atoms with E-state index in [1.165, 1.54) is 302 Å². The molecule has 0 aromatic rings. The summed E-state index contributed by atoms with van der Waals surface area (Å²) in [5.74, 6) is -0.572. The Morgan fingerprint density at radius 3 is 0.722 bits per heavy atom. The van der Waals surface area contributed by atoms with Crippen LogP contribution in [0.1, 0.15) is 412 Å². The highest BCUT2D eigenvalue weighted by molar-refractivity contribution is 5.70. The molecule has 1 atom stereocenters. The van der Waals surface area contributed by atoms with Crippen LogP contribution in [0.3, 0.4) is 0 Å². The second kappa shape index (κ2) is 80.1. The summed E-state index contributed by atoms with van der Waals surface area (Å²) in [7, 11) is 0. The summed E-state index contributed by atoms with van der Waals surface area (Å²) < 4.78 is 10.8. The number of carbonyl (C=O) groups is 2. The van der Waals surface area contributed by atoms with Crippen LogP contribution in [0.5, 0.6) is 0 Å². The van der Waals surface area contributed by atoms with E-state index in [0.717, 1.165) is 83.5 Å². The lowest BCUT2D eigenvalue weighted by Crippen LogP contribution is -2.28. The van der Waals surface area contributed by atoms with Crippen molar-refractivity contribution in [2.45, 2.75) is 418 Å². The van der Waals surface area contributed by atoms with Gasteiger partial charge in [-0.2, -0.15) is 0 Å². The summed E-state index contributed by atoms with van der Waals surface area (Å²) in [6, 6.07) is 0. The fraction of sp³-hybridized carbons (Fsp3) is 0.788. The second-order valence-corrected chi connectivity index (χ2v) is 26.8. The van der Waals surface area contributed by atoms with Crippen LogP contribution >= 0.6 is 0 Å². The fourth-order valence-electron chi connectivity index (χ4n) is 11.9. The Labute approximate surface area is 561 Å². The summed E-state index contributed by atoms with van der Waals surface area (Å²) in [6.07, 6.45) is 115. The third kappa shape index (κ3) is 77.3. The Morgan fingerprint density at radius 1 is 0.267 bits per heavy atom. The van der Waals surface area contributed by atoms with Crippen LogP contribution in [0.4, 0.5) is 0 Å². The predicted octanol–water partition coefficient (Wildman–Crippen LogP) is 28.1. The minimum atomic E-state index is -0.775. The maximum absolute atomic E-state index is 12.4. The number of allylic oxidation sites excluding steroid dienone is 16. The SMILES string of the molecule is CC/C=C\C/C=C\C/C=C\C/C=C\C/C=C\C/C=C\CCCCCCCCCCCCCCCCCCC(=O)OC(CO)COC(=O)CCCCCCCCCCCCCCCCCCCCCCCCCCCCCCC/C=C\C/C=C\CCCCCCC. The molecule has 1 N–H and O–H groups in total. The molecule has 90 heavy (non-hydrogen) atoms. The van der Waals surface area contributed by atoms with Gasteiger partial charge < -0.3 is 14.6 Å². The van der Waals surface area contributed by atoms with E-state index in [9.17, 15) is 14.7 Å². The molecule has 0 radical (unpaired) electrons. The van der Waals surface area contributed by atoms with Crippen LogP contribution in [0, 0.1) is 0 Å². The van der Waals surface area contributed by atoms with Crippen molar-refractivity contribution in [3.8, 4) is 0 Å². The molecule has 5 heteroatoms. The third-order valence-electron chi connectivity index (χ3n) is 17.9. The number of unbranched alkanes of at least 4 members (excludes halogenated alkanes) is 50. The molecule has 0 aliphatic heterocycles. The Morgan fingerprint density at radius 2 is 0.478 bits per heavy atom. The molecule has 0 aromatic carbocycles. The van der Waals surface area contributed by atoms with Crippen molar-refractivity contribution in [1.29, 1.82) is 0 Å². The van der Waals surface area contributed by atoms with Crippen LogP contribution in [0.25, 0.3) is 0 Å². The summed E-state index contributed by atoms with van der Waals surface area (Å²) >= 11 is 0. The quantitative estimate of drug-likeness (QED) is 0.0373. The lowest BCUT2D eigenvalue weighted by atomic mass is 10.0. The van der Waals surface area contributed by atoms with Gasteiger partial charge in [0.05, 0.1) is 6.61 Å². The molecule has 1 unspecified atom stereocenters. The van der Waals surface area contributed by atoms with Gasteiger partial charge in [0.2, 0.25) is 0 Å². The molecule has 522 valence electrons. The Balaban J connectivity index is 3.40. The Kier molecular flexibility index (Phi) is 77.2. The zero-order valence-electron chi connectivity index (χ0n) is 60.1. The number of esters is 2. The first-order valence-corrected chi connectivity index (χ1v) is 39.8. The number of hydrogen-bond donors (Lipinski definition) is 1. The summed E-state index contributed by atoms with van der Waals surface area (Å²) in [6.45, 7) is 4.06. The molecule has 0 fully saturated rings. The van der Waals surface area contributed by atoms with Crippen molar-refractivity contribution in [3.05, 3.63) is 97.2 Å². The molecule has 0 aliphatic rings. The molecule has 0 saturated carbocycles. The van der Waals surface area contributed by atoms with Gasteiger partial charge >= 0.3 is 11.9 Å². The van der Waals surface area contributed by atoms with Gasteiger partial charge in [-0.25, -0.2) is 0 Å². The second-order valence-electron chi connectivity index (χ2n) is 26.8. The molecule has 0 aliphatic carbocycles. The van der Waals surface area contributed by atoms with E-state index in [1.807, 2.05) is 0 Å². The van der Waals surface area contributed by atoms with E-state index in [1.54, 1.807) is 0 Å². The number of aliphatic hydroxyl groups excluding tert-OH is 1. The van der Waals surface area contributed by atoms with Crippen molar-refractivity contribution < 1.29 is 24.2 Å². The first-order chi connectivity index (χ1) is 44.6. The Bertz CT molecular complexity index is 1660. The highest BCUT2D eigenvalue weighted by atomic mass is 16.6. The largest absolute Gasteiger partial charge is 0.462 e. The summed E-state index contributed by atoms with van der Waals surface area (Å²) in [4.78, 5) is 24.7. The van der Waals surface area contributed by atoms with Crippen molar-refractivity contribution in [2.75, 3.05) is 13.2 Å². The van der Waals surface area contributed by atoms with Crippen molar-refractivity contribution in [3.63, 3.8) is 0 Å². The van der Waals surface area contributed by atoms with Crippen molar-refractivity contribution in [1.82, 2.24) is 0 Å². The van der Waals surface area contributed by atoms with Gasteiger partial charge in [-0.15, -0.1) is 0 Å². The first kappa shape index (κ1) is 86.8. The highest BCUT2D eigenvalue weighted by Crippen LogP contribution is 2.19. The maximum Gasteiger partial charge on any atom is 0.306 e. The topological polar surface area (TPSA) is 72.8 Å². The monoisotopic (exact) mass is 1250 g/mol. The van der Waals surface area contributed by atoms with Gasteiger partial charge in [0.15, 0.2) is 6.10 Å². The standard InChI is InChI=1S/C85H152O5/c1-3-5-7-9-11-13-15-17-19-21-23-25-27-29-31-33-35-37-39-40-41-42-43-44-46-47-49-51-53-55-57-59-61-63-65-67-69-71-73-75-77-79-84(87)89-82-83(81-86)90-85(88)80-78-76-74-72-70-68-66-64-62-60-58-56-54-52-50-48-45-38-36-34-32-30-28-26-24-22-20-18-16-14-12-10-8-6-4-2/h6,8,12,14-15,17-18,20-21,23-24,26,30,32,36,38,83,86H,3-5,7,9-11,13,16,19,22,25,27-29,31,33-35,37,39-82H2,1-2H3/b8-6-,14-12-,17-15-,20-18-,23-21-,26-24-,32-30-,38-36-. The molecule has 0 spiro atoms. The van der Waals surface area contributed by atoms with E-state index in [4.69, 9.17) is 9.47 Å². The van der Waals surface area contributed by atoms with Crippen molar-refractivity contribution >= 4 is 11.9 Å².